The van der Waals surface area contributed by atoms with Crippen molar-refractivity contribution >= 4 is 29.8 Å². The monoisotopic (exact) mass is 426 g/mol. The number of nitrogens with zero attached hydrogens (tertiary/aromatic N) is 1. The van der Waals surface area contributed by atoms with Gasteiger partial charge in [0.05, 0.1) is 5.56 Å². The van der Waals surface area contributed by atoms with E-state index in [1.54, 1.807) is 0 Å². The van der Waals surface area contributed by atoms with E-state index in [1.165, 1.54) is 23.3 Å². The van der Waals surface area contributed by atoms with Gasteiger partial charge in [0.15, 0.2) is 0 Å². The van der Waals surface area contributed by atoms with Crippen molar-refractivity contribution in [2.75, 3.05) is 36.8 Å². The molecule has 2 aliphatic rings. The molecular weight excluding hydrogens is 405 g/mol. The largest absolute Gasteiger partial charge is 0.416 e. The summed E-state index contributed by atoms with van der Waals surface area (Å²) in [6.45, 7) is 3.98. The average Bonchev–Trinajstić information content (AvgIpc) is 2.67. The summed E-state index contributed by atoms with van der Waals surface area (Å²) in [6.07, 6.45) is -3.46. The maximum atomic E-state index is 12.6. The van der Waals surface area contributed by atoms with Crippen molar-refractivity contribution in [1.82, 2.24) is 10.2 Å². The Balaban J connectivity index is 0.00000240. The standard InChI is InChI=1S/C20H21F3N4O.ClH/c21-20(22,23)14-1-3-15(4-2-14)25-19(28)26-16-5-6-17-13(11-16)7-9-27-10-8-24-12-18(17)27;/h1-6,11,18,24H,7-10,12H2,(H2,25,26,28);1H/t18-;/m0./s1. The number of amides is 2. The molecule has 0 aromatic heterocycles. The van der Waals surface area contributed by atoms with Crippen LogP contribution in [0.25, 0.3) is 0 Å². The van der Waals surface area contributed by atoms with Gasteiger partial charge in [0.1, 0.15) is 0 Å². The molecule has 2 aliphatic heterocycles. The van der Waals surface area contributed by atoms with Crippen molar-refractivity contribution in [3.8, 4) is 0 Å². The van der Waals surface area contributed by atoms with E-state index in [0.717, 1.165) is 44.7 Å². The topological polar surface area (TPSA) is 56.4 Å². The number of carbonyl (C=O) groups is 1. The van der Waals surface area contributed by atoms with Gasteiger partial charge < -0.3 is 16.0 Å². The maximum Gasteiger partial charge on any atom is 0.416 e. The van der Waals surface area contributed by atoms with Gasteiger partial charge in [0.25, 0.3) is 0 Å². The number of alkyl halides is 3. The van der Waals surface area contributed by atoms with Gasteiger partial charge >= 0.3 is 12.2 Å². The number of hydrogen-bond donors (Lipinski definition) is 3. The van der Waals surface area contributed by atoms with E-state index in [-0.39, 0.29) is 12.4 Å². The van der Waals surface area contributed by atoms with Crippen LogP contribution in [-0.4, -0.2) is 37.1 Å². The highest BCUT2D eigenvalue weighted by Gasteiger charge is 2.30. The second kappa shape index (κ2) is 8.61. The van der Waals surface area contributed by atoms with Crippen molar-refractivity contribution in [1.29, 1.82) is 0 Å². The zero-order valence-electron chi connectivity index (χ0n) is 15.6. The first-order valence-corrected chi connectivity index (χ1v) is 9.23. The fourth-order valence-corrected chi connectivity index (χ4v) is 3.85. The number of anilines is 2. The van der Waals surface area contributed by atoms with E-state index in [4.69, 9.17) is 0 Å². The Hall–Kier alpha value is -2.29. The summed E-state index contributed by atoms with van der Waals surface area (Å²) < 4.78 is 37.8. The molecular formula is C20H22ClF3N4O. The Bertz CT molecular complexity index is 873. The van der Waals surface area contributed by atoms with Crippen molar-refractivity contribution in [2.24, 2.45) is 0 Å². The van der Waals surface area contributed by atoms with E-state index in [1.807, 2.05) is 18.2 Å². The molecule has 2 aromatic carbocycles. The summed E-state index contributed by atoms with van der Waals surface area (Å²) in [5.41, 5.74) is 2.72. The van der Waals surface area contributed by atoms with Gasteiger partial charge in [-0.1, -0.05) is 6.07 Å². The van der Waals surface area contributed by atoms with Gasteiger partial charge in [-0.3, -0.25) is 4.90 Å². The summed E-state index contributed by atoms with van der Waals surface area (Å²) in [7, 11) is 0. The summed E-state index contributed by atoms with van der Waals surface area (Å²) in [6, 6.07) is 10.1. The molecule has 2 heterocycles. The van der Waals surface area contributed by atoms with Crippen LogP contribution in [0.3, 0.4) is 0 Å². The first-order valence-electron chi connectivity index (χ1n) is 9.23. The van der Waals surface area contributed by atoms with Crippen LogP contribution in [0.1, 0.15) is 22.7 Å². The van der Waals surface area contributed by atoms with E-state index >= 15 is 0 Å². The average molecular weight is 427 g/mol. The predicted octanol–water partition coefficient (Wildman–Crippen LogP) is 4.27. The zero-order chi connectivity index (χ0) is 19.7. The van der Waals surface area contributed by atoms with Gasteiger partial charge in [0.2, 0.25) is 0 Å². The number of carbonyl (C=O) groups excluding carboxylic acids is 1. The van der Waals surface area contributed by atoms with Crippen LogP contribution in [0, 0.1) is 0 Å². The quantitative estimate of drug-likeness (QED) is 0.672. The number of benzene rings is 2. The minimum Gasteiger partial charge on any atom is -0.314 e. The van der Waals surface area contributed by atoms with Crippen LogP contribution in [0.15, 0.2) is 42.5 Å². The van der Waals surface area contributed by atoms with Gasteiger partial charge in [-0.05, 0) is 53.9 Å². The van der Waals surface area contributed by atoms with Crippen molar-refractivity contribution in [2.45, 2.75) is 18.6 Å². The Morgan fingerprint density at radius 3 is 2.45 bits per heavy atom. The highest BCUT2D eigenvalue weighted by molar-refractivity contribution is 5.99. The molecule has 0 unspecified atom stereocenters. The highest BCUT2D eigenvalue weighted by atomic mass is 35.5. The van der Waals surface area contributed by atoms with Crippen LogP contribution < -0.4 is 16.0 Å². The van der Waals surface area contributed by atoms with Crippen molar-refractivity contribution in [3.63, 3.8) is 0 Å². The fourth-order valence-electron chi connectivity index (χ4n) is 3.85. The Morgan fingerprint density at radius 2 is 1.72 bits per heavy atom. The fraction of sp³-hybridized carbons (Fsp3) is 0.350. The Kier molecular flexibility index (Phi) is 6.36. The molecule has 9 heteroatoms. The molecule has 1 atom stereocenters. The number of rotatable bonds is 2. The molecule has 0 spiro atoms. The zero-order valence-corrected chi connectivity index (χ0v) is 16.4. The van der Waals surface area contributed by atoms with Crippen molar-refractivity contribution < 1.29 is 18.0 Å². The Labute approximate surface area is 173 Å². The lowest BCUT2D eigenvalue weighted by Crippen LogP contribution is -2.48. The third-order valence-electron chi connectivity index (χ3n) is 5.25. The first kappa shape index (κ1) is 21.4. The van der Waals surface area contributed by atoms with Gasteiger partial charge in [0, 0.05) is 43.6 Å². The Morgan fingerprint density at radius 1 is 1.03 bits per heavy atom. The smallest absolute Gasteiger partial charge is 0.314 e. The van der Waals surface area contributed by atoms with E-state index in [9.17, 15) is 18.0 Å². The molecule has 2 aromatic rings. The third-order valence-corrected chi connectivity index (χ3v) is 5.25. The molecule has 0 radical (unpaired) electrons. The van der Waals surface area contributed by atoms with Gasteiger partial charge in [-0.25, -0.2) is 4.79 Å². The van der Waals surface area contributed by atoms with Crippen LogP contribution in [0.2, 0.25) is 0 Å². The molecule has 29 heavy (non-hydrogen) atoms. The SMILES string of the molecule is Cl.O=C(Nc1ccc(C(F)(F)F)cc1)Nc1ccc2c(c1)CCN1CCNC[C@@H]21. The molecule has 4 rings (SSSR count). The predicted molar refractivity (Wildman–Crippen MR) is 109 cm³/mol. The summed E-state index contributed by atoms with van der Waals surface area (Å²) in [4.78, 5) is 14.7. The highest BCUT2D eigenvalue weighted by Crippen LogP contribution is 2.32. The normalized spacial score (nSPS) is 18.8. The number of piperazine rings is 1. The first-order chi connectivity index (χ1) is 13.4. The van der Waals surface area contributed by atoms with E-state index in [0.29, 0.717) is 17.4 Å². The summed E-state index contributed by atoms with van der Waals surface area (Å²) in [5, 5.41) is 8.74. The molecule has 2 amide bonds. The number of nitrogens with one attached hydrogen (secondary N) is 3. The maximum absolute atomic E-state index is 12.6. The number of urea groups is 1. The molecule has 156 valence electrons. The third kappa shape index (κ3) is 4.83. The van der Waals surface area contributed by atoms with Crippen LogP contribution in [0.4, 0.5) is 29.3 Å². The molecule has 1 saturated heterocycles. The summed E-state index contributed by atoms with van der Waals surface area (Å²) in [5.74, 6) is 0. The number of halogens is 4. The van der Waals surface area contributed by atoms with E-state index < -0.39 is 17.8 Å². The lowest BCUT2D eigenvalue weighted by Gasteiger charge is -2.41. The second-order valence-electron chi connectivity index (χ2n) is 7.07. The van der Waals surface area contributed by atoms with E-state index in [2.05, 4.69) is 20.9 Å². The van der Waals surface area contributed by atoms with Crippen LogP contribution in [0.5, 0.6) is 0 Å². The minimum atomic E-state index is -4.40. The van der Waals surface area contributed by atoms with Crippen LogP contribution in [-0.2, 0) is 12.6 Å². The summed E-state index contributed by atoms with van der Waals surface area (Å²) >= 11 is 0. The molecule has 0 bridgehead atoms. The van der Waals surface area contributed by atoms with Crippen molar-refractivity contribution in [3.05, 3.63) is 59.2 Å². The molecule has 3 N–H and O–H groups in total. The van der Waals surface area contributed by atoms with Gasteiger partial charge in [-0.15, -0.1) is 12.4 Å². The van der Waals surface area contributed by atoms with Crippen LogP contribution >= 0.6 is 12.4 Å². The van der Waals surface area contributed by atoms with Gasteiger partial charge in [-0.2, -0.15) is 13.2 Å². The second-order valence-corrected chi connectivity index (χ2v) is 7.07. The number of hydrogen-bond acceptors (Lipinski definition) is 3. The minimum absolute atomic E-state index is 0. The number of fused-ring (bicyclic) bond motifs is 3. The lowest BCUT2D eigenvalue weighted by atomic mass is 9.91. The molecule has 5 nitrogen and oxygen atoms in total. The molecule has 0 aliphatic carbocycles. The molecule has 0 saturated carbocycles. The lowest BCUT2D eigenvalue weighted by molar-refractivity contribution is -0.137. The molecule has 1 fully saturated rings.